The van der Waals surface area contributed by atoms with Crippen LogP contribution in [0.5, 0.6) is 0 Å². The zero-order chi connectivity index (χ0) is 17.5. The summed E-state index contributed by atoms with van der Waals surface area (Å²) in [7, 11) is 3.73. The summed E-state index contributed by atoms with van der Waals surface area (Å²) in [6.45, 7) is 3.25. The van der Waals surface area contributed by atoms with Crippen LogP contribution in [0.4, 0.5) is 0 Å². The average molecular weight is 498 g/mol. The van der Waals surface area contributed by atoms with Crippen molar-refractivity contribution in [2.45, 2.75) is 26.3 Å². The van der Waals surface area contributed by atoms with Crippen LogP contribution >= 0.6 is 47.2 Å². The first-order chi connectivity index (χ1) is 11.5. The second-order valence-corrected chi connectivity index (χ2v) is 6.23. The van der Waals surface area contributed by atoms with E-state index in [0.717, 1.165) is 30.9 Å². The highest BCUT2D eigenvalue weighted by atomic mass is 127. The van der Waals surface area contributed by atoms with Crippen LogP contribution in [-0.4, -0.2) is 41.6 Å². The van der Waals surface area contributed by atoms with Gasteiger partial charge in [0.15, 0.2) is 11.8 Å². The lowest BCUT2D eigenvalue weighted by atomic mass is 10.2. The molecule has 1 aromatic carbocycles. The molecule has 0 radical (unpaired) electrons. The molecule has 0 aliphatic carbocycles. The minimum Gasteiger partial charge on any atom is -0.356 e. The maximum atomic E-state index is 6.06. The van der Waals surface area contributed by atoms with Crippen LogP contribution in [0.25, 0.3) is 0 Å². The Hall–Kier alpha value is -1.06. The molecule has 0 bridgehead atoms. The lowest BCUT2D eigenvalue weighted by Crippen LogP contribution is -2.39. The standard InChI is InChI=1S/C16H21Cl2N5O.HI/c1-11-21-15(24-22-11)5-4-8-20-16(19-2)23(3)10-12-6-7-13(17)14(18)9-12;/h6-7,9H,4-5,8,10H2,1-3H3,(H,19,20);1H. The van der Waals surface area contributed by atoms with Gasteiger partial charge >= 0.3 is 0 Å². The molecule has 0 spiro atoms. The largest absolute Gasteiger partial charge is 0.356 e. The van der Waals surface area contributed by atoms with E-state index in [2.05, 4.69) is 20.4 Å². The summed E-state index contributed by atoms with van der Waals surface area (Å²) in [4.78, 5) is 10.5. The number of guanidine groups is 1. The Morgan fingerprint density at radius 3 is 2.68 bits per heavy atom. The van der Waals surface area contributed by atoms with E-state index >= 15 is 0 Å². The molecule has 0 saturated carbocycles. The van der Waals surface area contributed by atoms with Crippen LogP contribution in [-0.2, 0) is 13.0 Å². The molecule has 25 heavy (non-hydrogen) atoms. The Bertz CT molecular complexity index is 708. The summed E-state index contributed by atoms with van der Waals surface area (Å²) in [6, 6.07) is 5.62. The van der Waals surface area contributed by atoms with Gasteiger partial charge in [-0.05, 0) is 31.0 Å². The number of aromatic nitrogens is 2. The van der Waals surface area contributed by atoms with Gasteiger partial charge in [-0.2, -0.15) is 4.98 Å². The van der Waals surface area contributed by atoms with Crippen LogP contribution in [0.3, 0.4) is 0 Å². The molecule has 0 aliphatic heterocycles. The molecule has 138 valence electrons. The molecule has 1 heterocycles. The number of benzene rings is 1. The molecule has 6 nitrogen and oxygen atoms in total. The lowest BCUT2D eigenvalue weighted by molar-refractivity contribution is 0.371. The normalized spacial score (nSPS) is 11.2. The van der Waals surface area contributed by atoms with Crippen molar-refractivity contribution in [3.05, 3.63) is 45.5 Å². The minimum absolute atomic E-state index is 0. The molecule has 2 aromatic rings. The molecule has 0 fully saturated rings. The maximum Gasteiger partial charge on any atom is 0.226 e. The van der Waals surface area contributed by atoms with Crippen molar-refractivity contribution in [2.75, 3.05) is 20.6 Å². The number of nitrogens with one attached hydrogen (secondary N) is 1. The third-order valence-electron chi connectivity index (χ3n) is 3.40. The number of hydrogen-bond donors (Lipinski definition) is 1. The van der Waals surface area contributed by atoms with Crippen molar-refractivity contribution in [1.82, 2.24) is 20.4 Å². The van der Waals surface area contributed by atoms with Crippen molar-refractivity contribution in [1.29, 1.82) is 0 Å². The van der Waals surface area contributed by atoms with Gasteiger partial charge in [-0.25, -0.2) is 0 Å². The van der Waals surface area contributed by atoms with E-state index in [4.69, 9.17) is 27.7 Å². The summed E-state index contributed by atoms with van der Waals surface area (Å²) in [5.74, 6) is 2.13. The van der Waals surface area contributed by atoms with Crippen LogP contribution < -0.4 is 5.32 Å². The van der Waals surface area contributed by atoms with Crippen LogP contribution in [0.1, 0.15) is 23.7 Å². The van der Waals surface area contributed by atoms with Gasteiger partial charge in [0.05, 0.1) is 10.0 Å². The number of hydrogen-bond acceptors (Lipinski definition) is 4. The van der Waals surface area contributed by atoms with Crippen molar-refractivity contribution >= 4 is 53.1 Å². The van der Waals surface area contributed by atoms with Crippen molar-refractivity contribution in [3.8, 4) is 0 Å². The van der Waals surface area contributed by atoms with E-state index in [1.54, 1.807) is 13.1 Å². The summed E-state index contributed by atoms with van der Waals surface area (Å²) >= 11 is 12.0. The smallest absolute Gasteiger partial charge is 0.226 e. The molecule has 1 aromatic heterocycles. The number of halogens is 3. The van der Waals surface area contributed by atoms with Gasteiger partial charge in [-0.15, -0.1) is 24.0 Å². The van der Waals surface area contributed by atoms with Gasteiger partial charge in [0.25, 0.3) is 0 Å². The van der Waals surface area contributed by atoms with E-state index in [0.29, 0.717) is 28.3 Å². The van der Waals surface area contributed by atoms with E-state index in [-0.39, 0.29) is 24.0 Å². The first-order valence-electron chi connectivity index (χ1n) is 7.64. The second kappa shape index (κ2) is 10.8. The van der Waals surface area contributed by atoms with Gasteiger partial charge in [-0.1, -0.05) is 34.4 Å². The molecule has 0 aliphatic rings. The first-order valence-corrected chi connectivity index (χ1v) is 8.40. The highest BCUT2D eigenvalue weighted by molar-refractivity contribution is 14.0. The van der Waals surface area contributed by atoms with Crippen LogP contribution in [0, 0.1) is 6.92 Å². The second-order valence-electron chi connectivity index (χ2n) is 5.42. The lowest BCUT2D eigenvalue weighted by Gasteiger charge is -2.22. The molecule has 0 unspecified atom stereocenters. The van der Waals surface area contributed by atoms with Crippen molar-refractivity contribution in [2.24, 2.45) is 4.99 Å². The molecule has 0 amide bonds. The Labute approximate surface area is 175 Å². The van der Waals surface area contributed by atoms with Crippen LogP contribution in [0.15, 0.2) is 27.7 Å². The molecule has 9 heteroatoms. The van der Waals surface area contributed by atoms with Gasteiger partial charge in [-0.3, -0.25) is 4.99 Å². The SMILES string of the molecule is CN=C(NCCCc1nc(C)no1)N(C)Cc1ccc(Cl)c(Cl)c1.I. The van der Waals surface area contributed by atoms with Gasteiger partial charge in [0.1, 0.15) is 0 Å². The summed E-state index contributed by atoms with van der Waals surface area (Å²) < 4.78 is 5.09. The van der Waals surface area contributed by atoms with Crippen molar-refractivity contribution in [3.63, 3.8) is 0 Å². The van der Waals surface area contributed by atoms with Crippen molar-refractivity contribution < 1.29 is 4.52 Å². The topological polar surface area (TPSA) is 66.5 Å². The van der Waals surface area contributed by atoms with Gasteiger partial charge in [0.2, 0.25) is 5.89 Å². The Kier molecular flexibility index (Phi) is 9.52. The predicted octanol–water partition coefficient (Wildman–Crippen LogP) is 3.94. The Balaban J connectivity index is 0.00000312. The third kappa shape index (κ3) is 6.99. The molecule has 2 rings (SSSR count). The fourth-order valence-corrected chi connectivity index (χ4v) is 2.57. The zero-order valence-electron chi connectivity index (χ0n) is 14.4. The van der Waals surface area contributed by atoms with E-state index in [1.807, 2.05) is 31.0 Å². The Morgan fingerprint density at radius 2 is 2.08 bits per heavy atom. The quantitative estimate of drug-likeness (QED) is 0.283. The predicted molar refractivity (Wildman–Crippen MR) is 112 cm³/mol. The van der Waals surface area contributed by atoms with E-state index < -0.39 is 0 Å². The number of aliphatic imine (C=N–C) groups is 1. The fraction of sp³-hybridized carbons (Fsp3) is 0.438. The first kappa shape index (κ1) is 22.0. The number of rotatable bonds is 6. The summed E-state index contributed by atoms with van der Waals surface area (Å²) in [5.41, 5.74) is 1.07. The fourth-order valence-electron chi connectivity index (χ4n) is 2.25. The maximum absolute atomic E-state index is 6.06. The van der Waals surface area contributed by atoms with E-state index in [1.165, 1.54) is 0 Å². The van der Waals surface area contributed by atoms with Crippen LogP contribution in [0.2, 0.25) is 10.0 Å². The molecular weight excluding hydrogens is 476 g/mol. The van der Waals surface area contributed by atoms with Gasteiger partial charge < -0.3 is 14.7 Å². The number of nitrogens with zero attached hydrogens (tertiary/aromatic N) is 4. The number of aryl methyl sites for hydroxylation is 2. The monoisotopic (exact) mass is 497 g/mol. The molecule has 0 atom stereocenters. The minimum atomic E-state index is 0. The van der Waals surface area contributed by atoms with Gasteiger partial charge in [0, 0.05) is 33.6 Å². The highest BCUT2D eigenvalue weighted by Crippen LogP contribution is 2.23. The summed E-state index contributed by atoms with van der Waals surface area (Å²) in [6.07, 6.45) is 1.61. The molecular formula is C16H22Cl2IN5O. The highest BCUT2D eigenvalue weighted by Gasteiger charge is 2.08. The Morgan fingerprint density at radius 1 is 1.32 bits per heavy atom. The molecule has 1 N–H and O–H groups in total. The zero-order valence-corrected chi connectivity index (χ0v) is 18.3. The summed E-state index contributed by atoms with van der Waals surface area (Å²) in [5, 5.41) is 8.21. The third-order valence-corrected chi connectivity index (χ3v) is 4.14. The average Bonchev–Trinajstić information content (AvgIpc) is 2.96. The van der Waals surface area contributed by atoms with E-state index in [9.17, 15) is 0 Å². The molecule has 0 saturated heterocycles.